The van der Waals surface area contributed by atoms with Gasteiger partial charge in [0.05, 0.1) is 6.42 Å². The molecular formula is C15H12BrF2NO. The summed E-state index contributed by atoms with van der Waals surface area (Å²) in [6.07, 6.45) is -0.183. The Bertz CT molecular complexity index is 631. The van der Waals surface area contributed by atoms with Gasteiger partial charge < -0.3 is 5.32 Å². The number of hydrogen-bond acceptors (Lipinski definition) is 1. The fourth-order valence-corrected chi connectivity index (χ4v) is 2.21. The van der Waals surface area contributed by atoms with Crippen LogP contribution in [-0.2, 0) is 17.8 Å². The molecule has 2 aromatic rings. The molecule has 0 radical (unpaired) electrons. The van der Waals surface area contributed by atoms with E-state index in [9.17, 15) is 13.6 Å². The summed E-state index contributed by atoms with van der Waals surface area (Å²) in [6.45, 7) is 0.342. The van der Waals surface area contributed by atoms with Crippen LogP contribution in [-0.4, -0.2) is 5.91 Å². The SMILES string of the molecule is O=C(Cc1cccc(F)c1F)NCc1cccc(Br)c1. The van der Waals surface area contributed by atoms with E-state index in [1.165, 1.54) is 12.1 Å². The monoisotopic (exact) mass is 339 g/mol. The van der Waals surface area contributed by atoms with Gasteiger partial charge in [0.15, 0.2) is 11.6 Å². The summed E-state index contributed by atoms with van der Waals surface area (Å²) in [4.78, 5) is 11.7. The van der Waals surface area contributed by atoms with Crippen LogP contribution in [0.15, 0.2) is 46.9 Å². The van der Waals surface area contributed by atoms with E-state index in [2.05, 4.69) is 21.2 Å². The lowest BCUT2D eigenvalue weighted by molar-refractivity contribution is -0.120. The average Bonchev–Trinajstić information content (AvgIpc) is 2.42. The molecule has 2 nitrogen and oxygen atoms in total. The lowest BCUT2D eigenvalue weighted by atomic mass is 10.1. The molecule has 0 bridgehead atoms. The zero-order valence-electron chi connectivity index (χ0n) is 10.5. The minimum absolute atomic E-state index is 0.0525. The maximum absolute atomic E-state index is 13.4. The van der Waals surface area contributed by atoms with E-state index in [4.69, 9.17) is 0 Å². The Balaban J connectivity index is 1.94. The number of rotatable bonds is 4. The van der Waals surface area contributed by atoms with Gasteiger partial charge >= 0.3 is 0 Å². The van der Waals surface area contributed by atoms with Gasteiger partial charge in [-0.2, -0.15) is 0 Å². The first-order valence-corrected chi connectivity index (χ1v) is 6.79. The lowest BCUT2D eigenvalue weighted by Crippen LogP contribution is -2.25. The van der Waals surface area contributed by atoms with Crippen LogP contribution >= 0.6 is 15.9 Å². The quantitative estimate of drug-likeness (QED) is 0.906. The van der Waals surface area contributed by atoms with Crippen molar-refractivity contribution < 1.29 is 13.6 Å². The third-order valence-corrected chi connectivity index (χ3v) is 3.25. The van der Waals surface area contributed by atoms with Crippen molar-refractivity contribution in [3.05, 3.63) is 69.7 Å². The molecule has 5 heteroatoms. The Kier molecular flexibility index (Phi) is 4.84. The highest BCUT2D eigenvalue weighted by atomic mass is 79.9. The highest BCUT2D eigenvalue weighted by Crippen LogP contribution is 2.13. The Hall–Kier alpha value is -1.75. The van der Waals surface area contributed by atoms with Gasteiger partial charge in [-0.3, -0.25) is 4.79 Å². The average molecular weight is 340 g/mol. The summed E-state index contributed by atoms with van der Waals surface area (Å²) in [5, 5.41) is 2.67. The normalized spacial score (nSPS) is 10.3. The second kappa shape index (κ2) is 6.61. The maximum Gasteiger partial charge on any atom is 0.224 e. The molecule has 0 heterocycles. The molecular weight excluding hydrogens is 328 g/mol. The smallest absolute Gasteiger partial charge is 0.224 e. The highest BCUT2D eigenvalue weighted by molar-refractivity contribution is 9.10. The molecule has 0 saturated carbocycles. The van der Waals surface area contributed by atoms with Crippen LogP contribution in [0.2, 0.25) is 0 Å². The largest absolute Gasteiger partial charge is 0.352 e. The molecule has 2 rings (SSSR count). The molecule has 0 aliphatic heterocycles. The van der Waals surface area contributed by atoms with Gasteiger partial charge in [-0.15, -0.1) is 0 Å². The first-order chi connectivity index (χ1) is 9.56. The fourth-order valence-electron chi connectivity index (χ4n) is 1.77. The summed E-state index contributed by atoms with van der Waals surface area (Å²) in [6, 6.07) is 11.3. The van der Waals surface area contributed by atoms with E-state index in [-0.39, 0.29) is 17.9 Å². The van der Waals surface area contributed by atoms with Gasteiger partial charge in [-0.05, 0) is 23.8 Å². The standard InChI is InChI=1S/C15H12BrF2NO/c16-12-5-1-3-10(7-12)9-19-14(20)8-11-4-2-6-13(17)15(11)18/h1-7H,8-9H2,(H,19,20). The van der Waals surface area contributed by atoms with Crippen LogP contribution in [0.3, 0.4) is 0 Å². The van der Waals surface area contributed by atoms with E-state index in [0.717, 1.165) is 16.1 Å². The summed E-state index contributed by atoms with van der Waals surface area (Å²) in [7, 11) is 0. The number of amides is 1. The molecule has 0 unspecified atom stereocenters. The van der Waals surface area contributed by atoms with Crippen molar-refractivity contribution in [1.29, 1.82) is 0 Å². The Morgan fingerprint density at radius 1 is 1.15 bits per heavy atom. The fraction of sp³-hybridized carbons (Fsp3) is 0.133. The highest BCUT2D eigenvalue weighted by Gasteiger charge is 2.11. The second-order valence-corrected chi connectivity index (χ2v) is 5.21. The summed E-state index contributed by atoms with van der Waals surface area (Å²) < 4.78 is 27.3. The molecule has 0 atom stereocenters. The Morgan fingerprint density at radius 2 is 1.90 bits per heavy atom. The van der Waals surface area contributed by atoms with Crippen molar-refractivity contribution in [2.45, 2.75) is 13.0 Å². The van der Waals surface area contributed by atoms with Crippen molar-refractivity contribution in [2.75, 3.05) is 0 Å². The second-order valence-electron chi connectivity index (χ2n) is 4.30. The van der Waals surface area contributed by atoms with Crippen molar-refractivity contribution in [1.82, 2.24) is 5.32 Å². The van der Waals surface area contributed by atoms with Gasteiger partial charge in [0.2, 0.25) is 5.91 Å². The molecule has 1 amide bonds. The summed E-state index contributed by atoms with van der Waals surface area (Å²) >= 11 is 3.34. The predicted octanol–water partition coefficient (Wildman–Crippen LogP) is 3.59. The van der Waals surface area contributed by atoms with E-state index >= 15 is 0 Å². The van der Waals surface area contributed by atoms with Crippen LogP contribution in [0.5, 0.6) is 0 Å². The first-order valence-electron chi connectivity index (χ1n) is 6.00. The molecule has 0 aliphatic carbocycles. The van der Waals surface area contributed by atoms with Gasteiger partial charge in [0.25, 0.3) is 0 Å². The molecule has 0 aliphatic rings. The number of nitrogens with one attached hydrogen (secondary N) is 1. The minimum Gasteiger partial charge on any atom is -0.352 e. The lowest BCUT2D eigenvalue weighted by Gasteiger charge is -2.07. The van der Waals surface area contributed by atoms with E-state index < -0.39 is 11.6 Å². The molecule has 0 saturated heterocycles. The molecule has 0 aromatic heterocycles. The summed E-state index contributed by atoms with van der Waals surface area (Å²) in [5.74, 6) is -2.26. The molecule has 20 heavy (non-hydrogen) atoms. The third kappa shape index (κ3) is 3.87. The molecule has 104 valence electrons. The predicted molar refractivity (Wildman–Crippen MR) is 76.1 cm³/mol. The van der Waals surface area contributed by atoms with Crippen LogP contribution < -0.4 is 5.32 Å². The number of hydrogen-bond donors (Lipinski definition) is 1. The van der Waals surface area contributed by atoms with Gasteiger partial charge in [-0.1, -0.05) is 40.2 Å². The maximum atomic E-state index is 13.4. The van der Waals surface area contributed by atoms with Crippen molar-refractivity contribution in [3.8, 4) is 0 Å². The third-order valence-electron chi connectivity index (χ3n) is 2.76. The molecule has 2 aromatic carbocycles. The van der Waals surface area contributed by atoms with E-state index in [0.29, 0.717) is 6.54 Å². The van der Waals surface area contributed by atoms with Crippen LogP contribution in [0.4, 0.5) is 8.78 Å². The molecule has 0 spiro atoms. The minimum atomic E-state index is -0.967. The molecule has 0 fully saturated rings. The van der Waals surface area contributed by atoms with E-state index in [1.54, 1.807) is 0 Å². The van der Waals surface area contributed by atoms with Crippen LogP contribution in [0.25, 0.3) is 0 Å². The Labute approximate surface area is 123 Å². The van der Waals surface area contributed by atoms with Gasteiger partial charge in [0.1, 0.15) is 0 Å². The van der Waals surface area contributed by atoms with Gasteiger partial charge in [0, 0.05) is 16.6 Å². The van der Waals surface area contributed by atoms with E-state index in [1.807, 2.05) is 24.3 Å². The zero-order valence-corrected chi connectivity index (χ0v) is 12.1. The van der Waals surface area contributed by atoms with Gasteiger partial charge in [-0.25, -0.2) is 8.78 Å². The van der Waals surface area contributed by atoms with Crippen molar-refractivity contribution >= 4 is 21.8 Å². The number of carbonyl (C=O) groups is 1. The number of halogens is 3. The summed E-state index contributed by atoms with van der Waals surface area (Å²) in [5.41, 5.74) is 0.976. The Morgan fingerprint density at radius 3 is 2.65 bits per heavy atom. The number of benzene rings is 2. The van der Waals surface area contributed by atoms with Crippen LogP contribution in [0.1, 0.15) is 11.1 Å². The topological polar surface area (TPSA) is 29.1 Å². The molecule has 1 N–H and O–H groups in total. The van der Waals surface area contributed by atoms with Crippen molar-refractivity contribution in [2.24, 2.45) is 0 Å². The van der Waals surface area contributed by atoms with Crippen LogP contribution in [0, 0.1) is 11.6 Å². The number of carbonyl (C=O) groups excluding carboxylic acids is 1. The first kappa shape index (κ1) is 14.7. The zero-order chi connectivity index (χ0) is 14.5. The van der Waals surface area contributed by atoms with Crippen molar-refractivity contribution in [3.63, 3.8) is 0 Å².